The van der Waals surface area contributed by atoms with Crippen molar-refractivity contribution >= 4 is 11.6 Å². The van der Waals surface area contributed by atoms with Crippen LogP contribution in [0.1, 0.15) is 48.2 Å². The maximum Gasteiger partial charge on any atom is 0.170 e. The Morgan fingerprint density at radius 3 is 2.47 bits per heavy atom. The van der Waals surface area contributed by atoms with Crippen molar-refractivity contribution in [3.05, 3.63) is 34.9 Å². The van der Waals surface area contributed by atoms with Crippen molar-refractivity contribution in [3.8, 4) is 0 Å². The van der Waals surface area contributed by atoms with Gasteiger partial charge in [-0.15, -0.1) is 0 Å². The lowest BCUT2D eigenvalue weighted by atomic mass is 9.94. The van der Waals surface area contributed by atoms with Crippen LogP contribution in [-0.2, 0) is 4.79 Å². The van der Waals surface area contributed by atoms with Crippen molar-refractivity contribution in [1.82, 2.24) is 0 Å². The molecule has 0 radical (unpaired) electrons. The van der Waals surface area contributed by atoms with Crippen molar-refractivity contribution in [2.45, 2.75) is 40.5 Å². The van der Waals surface area contributed by atoms with E-state index in [0.29, 0.717) is 5.56 Å². The van der Waals surface area contributed by atoms with Gasteiger partial charge in [-0.1, -0.05) is 31.5 Å². The van der Waals surface area contributed by atoms with Crippen LogP contribution in [0.25, 0.3) is 0 Å². The molecule has 0 bridgehead atoms. The third kappa shape index (κ3) is 3.52. The van der Waals surface area contributed by atoms with Gasteiger partial charge in [-0.3, -0.25) is 9.59 Å². The number of carbonyl (C=O) groups is 2. The molecule has 92 valence electrons. The van der Waals surface area contributed by atoms with Crippen molar-refractivity contribution < 1.29 is 9.59 Å². The fraction of sp³-hybridized carbons (Fsp3) is 0.467. The monoisotopic (exact) mass is 232 g/mol. The smallest absolute Gasteiger partial charge is 0.170 e. The van der Waals surface area contributed by atoms with Gasteiger partial charge in [-0.2, -0.15) is 0 Å². The van der Waals surface area contributed by atoms with Crippen LogP contribution in [0.5, 0.6) is 0 Å². The van der Waals surface area contributed by atoms with Crippen LogP contribution in [-0.4, -0.2) is 11.6 Å². The Balaban J connectivity index is 2.83. The fourth-order valence-corrected chi connectivity index (χ4v) is 1.69. The molecular formula is C15H20O2. The van der Waals surface area contributed by atoms with Crippen LogP contribution in [0.4, 0.5) is 0 Å². The molecule has 1 unspecified atom stereocenters. The summed E-state index contributed by atoms with van der Waals surface area (Å²) in [6.07, 6.45) is 0.818. The molecule has 0 saturated carbocycles. The van der Waals surface area contributed by atoms with Crippen LogP contribution >= 0.6 is 0 Å². The second-order valence-corrected chi connectivity index (χ2v) is 4.69. The molecule has 0 saturated heterocycles. The minimum Gasteiger partial charge on any atom is -0.299 e. The summed E-state index contributed by atoms with van der Waals surface area (Å²) >= 11 is 0. The predicted octanol–water partition coefficient (Wildman–Crippen LogP) is 3.49. The molecule has 0 fully saturated rings. The number of carbonyl (C=O) groups excluding carboxylic acids is 2. The Kier molecular flexibility index (Phi) is 4.62. The zero-order valence-electron chi connectivity index (χ0n) is 11.0. The van der Waals surface area contributed by atoms with Crippen LogP contribution in [0.3, 0.4) is 0 Å². The number of hydrogen-bond donors (Lipinski definition) is 0. The molecule has 0 aliphatic carbocycles. The standard InChI is InChI=1S/C15H20O2/c1-5-11(3)14(16)9-15(17)13-8-10(2)6-7-12(13)4/h6-8,11H,5,9H2,1-4H3. The Hall–Kier alpha value is -1.44. The Labute approximate surface area is 103 Å². The largest absolute Gasteiger partial charge is 0.299 e. The summed E-state index contributed by atoms with van der Waals surface area (Å²) in [7, 11) is 0. The molecule has 2 nitrogen and oxygen atoms in total. The minimum absolute atomic E-state index is 0.0240. The van der Waals surface area contributed by atoms with Gasteiger partial charge in [0.15, 0.2) is 5.78 Å². The van der Waals surface area contributed by atoms with Gasteiger partial charge in [0.2, 0.25) is 0 Å². The molecule has 0 heterocycles. The molecule has 1 atom stereocenters. The summed E-state index contributed by atoms with van der Waals surface area (Å²) in [6, 6.07) is 5.76. The highest BCUT2D eigenvalue weighted by Gasteiger charge is 2.17. The van der Waals surface area contributed by atoms with Gasteiger partial charge < -0.3 is 0 Å². The quantitative estimate of drug-likeness (QED) is 0.575. The van der Waals surface area contributed by atoms with Gasteiger partial charge in [0, 0.05) is 11.5 Å². The SMILES string of the molecule is CCC(C)C(=O)CC(=O)c1cc(C)ccc1C. The molecule has 0 aliphatic heterocycles. The molecular weight excluding hydrogens is 212 g/mol. The summed E-state index contributed by atoms with van der Waals surface area (Å²) in [5.41, 5.74) is 2.68. The molecule has 1 aromatic rings. The highest BCUT2D eigenvalue weighted by atomic mass is 16.1. The van der Waals surface area contributed by atoms with E-state index in [0.717, 1.165) is 17.5 Å². The van der Waals surface area contributed by atoms with Gasteiger partial charge in [0.05, 0.1) is 6.42 Å². The number of Topliss-reactive ketones (excluding diaryl/α,β-unsaturated/α-hetero) is 2. The average molecular weight is 232 g/mol. The zero-order valence-corrected chi connectivity index (χ0v) is 11.0. The van der Waals surface area contributed by atoms with Gasteiger partial charge in [-0.05, 0) is 31.9 Å². The van der Waals surface area contributed by atoms with Crippen molar-refractivity contribution in [2.24, 2.45) is 5.92 Å². The maximum atomic E-state index is 12.0. The van der Waals surface area contributed by atoms with Crippen LogP contribution in [0.15, 0.2) is 18.2 Å². The lowest BCUT2D eigenvalue weighted by Gasteiger charge is -2.08. The van der Waals surface area contributed by atoms with E-state index in [9.17, 15) is 9.59 Å². The lowest BCUT2D eigenvalue weighted by molar-refractivity contribution is -0.121. The predicted molar refractivity (Wildman–Crippen MR) is 69.3 cm³/mol. The molecule has 0 amide bonds. The van der Waals surface area contributed by atoms with E-state index >= 15 is 0 Å². The van der Waals surface area contributed by atoms with Gasteiger partial charge in [0.1, 0.15) is 5.78 Å². The van der Waals surface area contributed by atoms with E-state index in [4.69, 9.17) is 0 Å². The molecule has 0 aromatic heterocycles. The van der Waals surface area contributed by atoms with Gasteiger partial charge in [-0.25, -0.2) is 0 Å². The average Bonchev–Trinajstić information content (AvgIpc) is 2.30. The Morgan fingerprint density at radius 1 is 1.24 bits per heavy atom. The van der Waals surface area contributed by atoms with E-state index < -0.39 is 0 Å². The Morgan fingerprint density at radius 2 is 1.88 bits per heavy atom. The fourth-order valence-electron chi connectivity index (χ4n) is 1.69. The summed E-state index contributed by atoms with van der Waals surface area (Å²) in [6.45, 7) is 7.69. The Bertz CT molecular complexity index is 433. The highest BCUT2D eigenvalue weighted by Crippen LogP contribution is 2.15. The van der Waals surface area contributed by atoms with E-state index in [1.54, 1.807) is 0 Å². The molecule has 0 aliphatic rings. The number of benzene rings is 1. The molecule has 0 spiro atoms. The van der Waals surface area contributed by atoms with Gasteiger partial charge in [0.25, 0.3) is 0 Å². The summed E-state index contributed by atoms with van der Waals surface area (Å²) in [5, 5.41) is 0. The number of hydrogen-bond acceptors (Lipinski definition) is 2. The van der Waals surface area contributed by atoms with E-state index in [2.05, 4.69) is 0 Å². The van der Waals surface area contributed by atoms with Crippen molar-refractivity contribution in [3.63, 3.8) is 0 Å². The summed E-state index contributed by atoms with van der Waals surface area (Å²) < 4.78 is 0. The minimum atomic E-state index is -0.0588. The van der Waals surface area contributed by atoms with Crippen LogP contribution < -0.4 is 0 Å². The third-order valence-electron chi connectivity index (χ3n) is 3.19. The van der Waals surface area contributed by atoms with E-state index in [1.165, 1.54) is 0 Å². The second kappa shape index (κ2) is 5.76. The first-order valence-electron chi connectivity index (χ1n) is 6.08. The molecule has 2 heteroatoms. The highest BCUT2D eigenvalue weighted by molar-refractivity contribution is 6.09. The lowest BCUT2D eigenvalue weighted by Crippen LogP contribution is -2.16. The first-order chi connectivity index (χ1) is 7.95. The third-order valence-corrected chi connectivity index (χ3v) is 3.19. The molecule has 1 aromatic carbocycles. The second-order valence-electron chi connectivity index (χ2n) is 4.69. The number of ketones is 2. The number of rotatable bonds is 5. The van der Waals surface area contributed by atoms with Crippen LogP contribution in [0, 0.1) is 19.8 Å². The zero-order chi connectivity index (χ0) is 13.0. The molecule has 0 N–H and O–H groups in total. The molecule has 1 rings (SSSR count). The van der Waals surface area contributed by atoms with Gasteiger partial charge >= 0.3 is 0 Å². The maximum absolute atomic E-state index is 12.0. The number of aryl methyl sites for hydroxylation is 2. The summed E-state index contributed by atoms with van der Waals surface area (Å²) in [4.78, 5) is 23.8. The van der Waals surface area contributed by atoms with Crippen molar-refractivity contribution in [1.29, 1.82) is 0 Å². The normalized spacial score (nSPS) is 12.2. The summed E-state index contributed by atoms with van der Waals surface area (Å²) in [5.74, 6) is -0.0426. The topological polar surface area (TPSA) is 34.1 Å². The first kappa shape index (κ1) is 13.6. The van der Waals surface area contributed by atoms with E-state index in [-0.39, 0.29) is 23.9 Å². The first-order valence-corrected chi connectivity index (χ1v) is 6.08. The van der Waals surface area contributed by atoms with Crippen LogP contribution in [0.2, 0.25) is 0 Å². The molecule has 17 heavy (non-hydrogen) atoms. The van der Waals surface area contributed by atoms with E-state index in [1.807, 2.05) is 45.9 Å². The van der Waals surface area contributed by atoms with Crippen molar-refractivity contribution in [2.75, 3.05) is 0 Å².